The van der Waals surface area contributed by atoms with Gasteiger partial charge in [0, 0.05) is 34.9 Å². The van der Waals surface area contributed by atoms with Crippen LogP contribution < -0.4 is 16.2 Å². The van der Waals surface area contributed by atoms with E-state index >= 15 is 0 Å². The Morgan fingerprint density at radius 1 is 1.00 bits per heavy atom. The zero-order valence-corrected chi connectivity index (χ0v) is 19.3. The Balaban J connectivity index is 1.22. The van der Waals surface area contributed by atoms with Crippen LogP contribution in [0.1, 0.15) is 15.9 Å². The predicted octanol–water partition coefficient (Wildman–Crippen LogP) is 4.50. The van der Waals surface area contributed by atoms with Crippen LogP contribution in [0.4, 0.5) is 10.8 Å². The molecule has 8 nitrogen and oxygen atoms in total. The summed E-state index contributed by atoms with van der Waals surface area (Å²) in [5.74, 6) is -0.204. The number of anilines is 2. The number of hydrogen-bond donors (Lipinski definition) is 3. The summed E-state index contributed by atoms with van der Waals surface area (Å²) in [7, 11) is 0. The number of nitrogens with zero attached hydrogens (tertiary/aromatic N) is 3. The van der Waals surface area contributed by atoms with Gasteiger partial charge in [0.25, 0.3) is 11.5 Å². The van der Waals surface area contributed by atoms with Crippen molar-refractivity contribution >= 4 is 54.8 Å². The second kappa shape index (κ2) is 8.69. The van der Waals surface area contributed by atoms with E-state index in [4.69, 9.17) is 0 Å². The van der Waals surface area contributed by atoms with Gasteiger partial charge in [0.05, 0.1) is 10.9 Å². The molecule has 0 aliphatic carbocycles. The Hall–Kier alpha value is -4.50. The zero-order chi connectivity index (χ0) is 23.8. The average molecular weight is 481 g/mol. The minimum absolute atomic E-state index is 0.204. The van der Waals surface area contributed by atoms with E-state index in [9.17, 15) is 9.59 Å². The van der Waals surface area contributed by atoms with Crippen LogP contribution in [0.5, 0.6) is 0 Å². The summed E-state index contributed by atoms with van der Waals surface area (Å²) in [5, 5.41) is 12.7. The third-order valence-electron chi connectivity index (χ3n) is 5.84. The molecule has 0 bridgehead atoms. The van der Waals surface area contributed by atoms with Crippen molar-refractivity contribution in [1.82, 2.24) is 24.9 Å². The number of fused-ring (bicyclic) bond motifs is 3. The molecule has 35 heavy (non-hydrogen) atoms. The summed E-state index contributed by atoms with van der Waals surface area (Å²) in [6, 6.07) is 22.6. The van der Waals surface area contributed by atoms with Crippen LogP contribution in [0.2, 0.25) is 0 Å². The van der Waals surface area contributed by atoms with E-state index in [-0.39, 0.29) is 11.5 Å². The van der Waals surface area contributed by atoms with Gasteiger partial charge in [-0.2, -0.15) is 4.52 Å². The van der Waals surface area contributed by atoms with Crippen LogP contribution in [0.3, 0.4) is 0 Å². The Kier molecular flexibility index (Phi) is 5.23. The minimum Gasteiger partial charge on any atom is -0.361 e. The second-order valence-corrected chi connectivity index (χ2v) is 9.06. The molecule has 3 aromatic heterocycles. The monoisotopic (exact) mass is 480 g/mol. The fourth-order valence-electron chi connectivity index (χ4n) is 4.10. The third-order valence-corrected chi connectivity index (χ3v) is 6.66. The highest BCUT2D eigenvalue weighted by Crippen LogP contribution is 2.23. The van der Waals surface area contributed by atoms with Crippen LogP contribution in [0.25, 0.3) is 26.8 Å². The number of amides is 1. The van der Waals surface area contributed by atoms with Crippen LogP contribution >= 0.6 is 11.3 Å². The lowest BCUT2D eigenvalue weighted by Crippen LogP contribution is -2.25. The Morgan fingerprint density at radius 2 is 1.83 bits per heavy atom. The summed E-state index contributed by atoms with van der Waals surface area (Å²) in [6.07, 6.45) is 2.69. The van der Waals surface area contributed by atoms with Gasteiger partial charge >= 0.3 is 0 Å². The molecule has 0 radical (unpaired) electrons. The lowest BCUT2D eigenvalue weighted by molar-refractivity contribution is 0.0954. The molecule has 1 amide bonds. The van der Waals surface area contributed by atoms with Gasteiger partial charge in [-0.25, -0.2) is 4.98 Å². The lowest BCUT2D eigenvalue weighted by atomic mass is 10.1. The molecule has 9 heteroatoms. The van der Waals surface area contributed by atoms with Crippen molar-refractivity contribution in [2.45, 2.75) is 6.42 Å². The highest BCUT2D eigenvalue weighted by atomic mass is 32.1. The molecular formula is C26H20N6O2S. The highest BCUT2D eigenvalue weighted by Gasteiger charge is 2.14. The maximum Gasteiger partial charge on any atom is 0.283 e. The van der Waals surface area contributed by atoms with Crippen molar-refractivity contribution in [3.63, 3.8) is 0 Å². The first-order valence-electron chi connectivity index (χ1n) is 11.1. The van der Waals surface area contributed by atoms with E-state index in [2.05, 4.69) is 31.8 Å². The van der Waals surface area contributed by atoms with E-state index in [0.29, 0.717) is 39.5 Å². The van der Waals surface area contributed by atoms with Gasteiger partial charge in [0.15, 0.2) is 0 Å². The molecule has 0 unspecified atom stereocenters. The van der Waals surface area contributed by atoms with Gasteiger partial charge < -0.3 is 15.6 Å². The SMILES string of the molecule is O=C(NCCc1c[nH]c2ccccc12)c1ccc2c(=O)n3nc(Nc4ccccc4)sc3nc2c1. The van der Waals surface area contributed by atoms with E-state index < -0.39 is 0 Å². The number of carbonyl (C=O) groups is 1. The summed E-state index contributed by atoms with van der Waals surface area (Å²) in [4.78, 5) is 34.1. The summed E-state index contributed by atoms with van der Waals surface area (Å²) in [6.45, 7) is 0.497. The first-order valence-corrected chi connectivity index (χ1v) is 12.0. The summed E-state index contributed by atoms with van der Waals surface area (Å²) >= 11 is 1.27. The number of para-hydroxylation sites is 2. The first kappa shape index (κ1) is 21.1. The van der Waals surface area contributed by atoms with Gasteiger partial charge in [-0.1, -0.05) is 47.7 Å². The third kappa shape index (κ3) is 4.02. The highest BCUT2D eigenvalue weighted by molar-refractivity contribution is 7.20. The molecule has 6 aromatic rings. The molecule has 3 aromatic carbocycles. The van der Waals surface area contributed by atoms with Crippen LogP contribution in [-0.4, -0.2) is 32.0 Å². The average Bonchev–Trinajstić information content (AvgIpc) is 3.48. The van der Waals surface area contributed by atoms with Crippen molar-refractivity contribution in [2.24, 2.45) is 0 Å². The topological polar surface area (TPSA) is 104 Å². The number of aromatic nitrogens is 4. The smallest absolute Gasteiger partial charge is 0.283 e. The molecule has 0 saturated heterocycles. The van der Waals surface area contributed by atoms with Gasteiger partial charge in [0.2, 0.25) is 10.1 Å². The standard InChI is InChI=1S/C26H20N6O2S/c33-23(27-13-12-17-15-28-21-9-5-4-8-19(17)21)16-10-11-20-22(14-16)30-26-32(24(20)34)31-25(35-26)29-18-6-2-1-3-7-18/h1-11,14-15,28H,12-13H2,(H,27,33)(H,29,31). The zero-order valence-electron chi connectivity index (χ0n) is 18.5. The quantitative estimate of drug-likeness (QED) is 0.326. The van der Waals surface area contributed by atoms with Crippen molar-refractivity contribution in [1.29, 1.82) is 0 Å². The normalized spacial score (nSPS) is 11.3. The fraction of sp³-hybridized carbons (Fsp3) is 0.0769. The molecule has 0 atom stereocenters. The number of hydrogen-bond acceptors (Lipinski definition) is 6. The van der Waals surface area contributed by atoms with E-state index in [1.54, 1.807) is 18.2 Å². The fourth-order valence-corrected chi connectivity index (χ4v) is 4.91. The van der Waals surface area contributed by atoms with Gasteiger partial charge in [-0.3, -0.25) is 9.59 Å². The largest absolute Gasteiger partial charge is 0.361 e. The molecule has 3 N–H and O–H groups in total. The molecule has 3 heterocycles. The number of benzene rings is 3. The van der Waals surface area contributed by atoms with E-state index in [0.717, 1.165) is 22.2 Å². The summed E-state index contributed by atoms with van der Waals surface area (Å²) < 4.78 is 1.29. The van der Waals surface area contributed by atoms with Crippen molar-refractivity contribution in [3.8, 4) is 0 Å². The molecule has 6 rings (SSSR count). The Morgan fingerprint density at radius 3 is 2.71 bits per heavy atom. The Bertz CT molecular complexity index is 1750. The maximum absolute atomic E-state index is 13.0. The van der Waals surface area contributed by atoms with Crippen LogP contribution in [0.15, 0.2) is 83.8 Å². The molecule has 0 saturated carbocycles. The number of rotatable bonds is 6. The molecule has 0 aliphatic rings. The van der Waals surface area contributed by atoms with Crippen molar-refractivity contribution < 1.29 is 4.79 Å². The second-order valence-electron chi connectivity index (χ2n) is 8.11. The lowest BCUT2D eigenvalue weighted by Gasteiger charge is -2.06. The van der Waals surface area contributed by atoms with E-state index in [1.165, 1.54) is 15.9 Å². The van der Waals surface area contributed by atoms with Crippen LogP contribution in [-0.2, 0) is 6.42 Å². The van der Waals surface area contributed by atoms with Crippen molar-refractivity contribution in [2.75, 3.05) is 11.9 Å². The van der Waals surface area contributed by atoms with Crippen LogP contribution in [0, 0.1) is 0 Å². The van der Waals surface area contributed by atoms with E-state index in [1.807, 2.05) is 54.7 Å². The molecule has 172 valence electrons. The Labute approximate surface area is 203 Å². The first-order chi connectivity index (χ1) is 17.2. The minimum atomic E-state index is -0.270. The molecular weight excluding hydrogens is 460 g/mol. The van der Waals surface area contributed by atoms with Gasteiger partial charge in [0.1, 0.15) is 0 Å². The van der Waals surface area contributed by atoms with Gasteiger partial charge in [-0.05, 0) is 48.4 Å². The number of carbonyl (C=O) groups excluding carboxylic acids is 1. The predicted molar refractivity (Wildman–Crippen MR) is 139 cm³/mol. The number of aromatic amines is 1. The number of nitrogens with one attached hydrogen (secondary N) is 3. The molecule has 0 spiro atoms. The number of H-pyrrole nitrogens is 1. The molecule has 0 aliphatic heterocycles. The molecule has 0 fully saturated rings. The summed E-state index contributed by atoms with van der Waals surface area (Å²) in [5.41, 5.74) is 3.76. The van der Waals surface area contributed by atoms with Gasteiger partial charge in [-0.15, -0.1) is 5.10 Å². The van der Waals surface area contributed by atoms with Crippen molar-refractivity contribution in [3.05, 3.63) is 100 Å². The maximum atomic E-state index is 13.0.